The lowest BCUT2D eigenvalue weighted by atomic mass is 10.1. The van der Waals surface area contributed by atoms with E-state index in [1.807, 2.05) is 30.3 Å². The van der Waals surface area contributed by atoms with Crippen molar-refractivity contribution in [2.45, 2.75) is 0 Å². The third-order valence-electron chi connectivity index (χ3n) is 3.12. The second-order valence-electron chi connectivity index (χ2n) is 4.19. The molecule has 0 amide bonds. The summed E-state index contributed by atoms with van der Waals surface area (Å²) in [7, 11) is 0. The van der Waals surface area contributed by atoms with Crippen molar-refractivity contribution >= 4 is 42.4 Å². The fourth-order valence-electron chi connectivity index (χ4n) is 2.33. The summed E-state index contributed by atoms with van der Waals surface area (Å²) in [5.74, 6) is 0. The van der Waals surface area contributed by atoms with E-state index < -0.39 is 0 Å². The van der Waals surface area contributed by atoms with Crippen LogP contribution in [0.2, 0.25) is 0 Å². The van der Waals surface area contributed by atoms with Crippen molar-refractivity contribution in [3.8, 4) is 0 Å². The maximum absolute atomic E-state index is 11.9. The molecule has 0 aliphatic carbocycles. The van der Waals surface area contributed by atoms with Crippen LogP contribution in [0, 0.1) is 0 Å². The van der Waals surface area contributed by atoms with E-state index in [2.05, 4.69) is 15.2 Å². The Morgan fingerprint density at radius 3 is 2.89 bits per heavy atom. The number of rotatable bonds is 0. The van der Waals surface area contributed by atoms with Gasteiger partial charge < -0.3 is 0 Å². The quantitative estimate of drug-likeness (QED) is 0.490. The molecule has 0 N–H and O–H groups in total. The van der Waals surface area contributed by atoms with Gasteiger partial charge in [-0.25, -0.2) is 0 Å². The van der Waals surface area contributed by atoms with Gasteiger partial charge in [0.25, 0.3) is 0 Å². The van der Waals surface area contributed by atoms with Gasteiger partial charge in [0.2, 0.25) is 0 Å². The Hall–Kier alpha value is -2.40. The number of benzene rings is 1. The molecule has 0 aliphatic rings. The van der Waals surface area contributed by atoms with Crippen LogP contribution in [0.3, 0.4) is 0 Å². The van der Waals surface area contributed by atoms with Crippen molar-refractivity contribution in [3.63, 3.8) is 0 Å². The van der Waals surface area contributed by atoms with Gasteiger partial charge in [0.15, 0.2) is 0 Å². The fourth-order valence-corrected chi connectivity index (χ4v) is 3.42. The van der Waals surface area contributed by atoms with Gasteiger partial charge in [0, 0.05) is 27.1 Å². The van der Waals surface area contributed by atoms with E-state index in [1.165, 1.54) is 11.3 Å². The molecule has 0 fully saturated rings. The average Bonchev–Trinajstić information content (AvgIpc) is 2.73. The zero-order valence-electron chi connectivity index (χ0n) is 9.70. The van der Waals surface area contributed by atoms with E-state index in [9.17, 15) is 4.79 Å². The van der Waals surface area contributed by atoms with Gasteiger partial charge in [0.1, 0.15) is 4.70 Å². The molecule has 4 rings (SSSR count). The van der Waals surface area contributed by atoms with Crippen LogP contribution in [0.5, 0.6) is 0 Å². The molecule has 0 radical (unpaired) electrons. The summed E-state index contributed by atoms with van der Waals surface area (Å²) in [5.41, 5.74) is 0.646. The van der Waals surface area contributed by atoms with E-state index in [4.69, 9.17) is 0 Å². The second kappa shape index (κ2) is 3.80. The SMILES string of the molecule is O=c1nnccc2c1sc1ccc3ncccc3c12. The molecular formula is C14H7N3OS. The van der Waals surface area contributed by atoms with Crippen LogP contribution in [0.4, 0.5) is 0 Å². The van der Waals surface area contributed by atoms with Crippen molar-refractivity contribution in [1.82, 2.24) is 15.2 Å². The maximum Gasteiger partial charge on any atom is 0.306 e. The van der Waals surface area contributed by atoms with E-state index in [0.717, 1.165) is 26.4 Å². The number of thiophene rings is 1. The highest BCUT2D eigenvalue weighted by molar-refractivity contribution is 7.25. The number of hydrogen-bond acceptors (Lipinski definition) is 5. The normalized spacial score (nSPS) is 11.4. The molecular weight excluding hydrogens is 258 g/mol. The summed E-state index contributed by atoms with van der Waals surface area (Å²) < 4.78 is 1.71. The smallest absolute Gasteiger partial charge is 0.264 e. The van der Waals surface area contributed by atoms with Gasteiger partial charge in [-0.2, -0.15) is 5.10 Å². The Bertz CT molecular complexity index is 994. The molecule has 19 heavy (non-hydrogen) atoms. The number of pyridine rings is 1. The first-order valence-corrected chi connectivity index (χ1v) is 6.58. The highest BCUT2D eigenvalue weighted by atomic mass is 32.1. The van der Waals surface area contributed by atoms with Crippen molar-refractivity contribution in [2.75, 3.05) is 0 Å². The van der Waals surface area contributed by atoms with Crippen LogP contribution in [-0.4, -0.2) is 15.2 Å². The number of aromatic nitrogens is 3. The molecule has 0 saturated carbocycles. The minimum atomic E-state index is -0.279. The van der Waals surface area contributed by atoms with Crippen LogP contribution in [0.15, 0.2) is 47.5 Å². The molecule has 0 saturated heterocycles. The third-order valence-corrected chi connectivity index (χ3v) is 4.28. The van der Waals surface area contributed by atoms with Crippen molar-refractivity contribution in [2.24, 2.45) is 0 Å². The number of fused-ring (bicyclic) bond motifs is 5. The molecule has 1 aromatic carbocycles. The Balaban J connectivity index is 2.41. The molecule has 4 nitrogen and oxygen atoms in total. The van der Waals surface area contributed by atoms with E-state index in [1.54, 1.807) is 12.4 Å². The predicted molar refractivity (Wildman–Crippen MR) is 76.5 cm³/mol. The van der Waals surface area contributed by atoms with Gasteiger partial charge >= 0.3 is 5.56 Å². The molecule has 0 atom stereocenters. The van der Waals surface area contributed by atoms with E-state index in [-0.39, 0.29) is 5.56 Å². The van der Waals surface area contributed by atoms with Gasteiger partial charge in [-0.15, -0.1) is 16.4 Å². The molecule has 0 unspecified atom stereocenters. The Kier molecular flexibility index (Phi) is 2.10. The van der Waals surface area contributed by atoms with Gasteiger partial charge in [-0.1, -0.05) is 6.07 Å². The van der Waals surface area contributed by atoms with Crippen LogP contribution < -0.4 is 5.56 Å². The zero-order valence-corrected chi connectivity index (χ0v) is 10.5. The summed E-state index contributed by atoms with van der Waals surface area (Å²) in [4.78, 5) is 16.3. The van der Waals surface area contributed by atoms with Gasteiger partial charge in [0.05, 0.1) is 11.7 Å². The minimum Gasteiger partial charge on any atom is -0.264 e. The van der Waals surface area contributed by atoms with E-state index >= 15 is 0 Å². The Labute approximate surface area is 111 Å². The molecule has 0 aliphatic heterocycles. The maximum atomic E-state index is 11.9. The highest BCUT2D eigenvalue weighted by Crippen LogP contribution is 2.35. The third kappa shape index (κ3) is 1.45. The standard InChI is InChI=1S/C14H7N3OS/c18-14-13-9(5-7-16-17-14)12-8-2-1-6-15-10(8)3-4-11(12)19-13/h1-7H. The van der Waals surface area contributed by atoms with Crippen molar-refractivity contribution in [3.05, 3.63) is 53.1 Å². The monoisotopic (exact) mass is 265 g/mol. The summed E-state index contributed by atoms with van der Waals surface area (Å²) >= 11 is 1.45. The molecule has 0 bridgehead atoms. The van der Waals surface area contributed by atoms with Gasteiger partial charge in [-0.3, -0.25) is 9.78 Å². The Morgan fingerprint density at radius 2 is 1.95 bits per heavy atom. The molecule has 90 valence electrons. The van der Waals surface area contributed by atoms with Crippen molar-refractivity contribution in [1.29, 1.82) is 0 Å². The van der Waals surface area contributed by atoms with Crippen molar-refractivity contribution < 1.29 is 0 Å². The first-order chi connectivity index (χ1) is 9.34. The molecule has 4 aromatic rings. The van der Waals surface area contributed by atoms with E-state index in [0.29, 0.717) is 4.70 Å². The predicted octanol–water partition coefficient (Wildman–Crippen LogP) is 2.75. The summed E-state index contributed by atoms with van der Waals surface area (Å²) in [6.45, 7) is 0. The molecule has 3 aromatic heterocycles. The lowest BCUT2D eigenvalue weighted by Crippen LogP contribution is -2.00. The van der Waals surface area contributed by atoms with Crippen LogP contribution in [0.1, 0.15) is 0 Å². The highest BCUT2D eigenvalue weighted by Gasteiger charge is 2.10. The zero-order chi connectivity index (χ0) is 12.8. The number of nitrogens with zero attached hydrogens (tertiary/aromatic N) is 3. The largest absolute Gasteiger partial charge is 0.306 e. The van der Waals surface area contributed by atoms with Crippen LogP contribution in [-0.2, 0) is 0 Å². The summed E-state index contributed by atoms with van der Waals surface area (Å²) in [6.07, 6.45) is 3.33. The number of hydrogen-bond donors (Lipinski definition) is 0. The molecule has 5 heteroatoms. The summed E-state index contributed by atoms with van der Waals surface area (Å²) in [5, 5.41) is 10.4. The lowest BCUT2D eigenvalue weighted by Gasteiger charge is -1.98. The average molecular weight is 265 g/mol. The Morgan fingerprint density at radius 1 is 1.00 bits per heavy atom. The molecule has 0 spiro atoms. The first kappa shape index (κ1) is 10.5. The first-order valence-electron chi connectivity index (χ1n) is 5.76. The fraction of sp³-hybridized carbons (Fsp3) is 0. The van der Waals surface area contributed by atoms with Crippen LogP contribution in [0.25, 0.3) is 31.1 Å². The second-order valence-corrected chi connectivity index (χ2v) is 5.24. The van der Waals surface area contributed by atoms with Crippen LogP contribution >= 0.6 is 11.3 Å². The topological polar surface area (TPSA) is 55.7 Å². The van der Waals surface area contributed by atoms with Gasteiger partial charge in [-0.05, 0) is 24.3 Å². The lowest BCUT2D eigenvalue weighted by molar-refractivity contribution is 1.02. The minimum absolute atomic E-state index is 0.279. The molecule has 3 heterocycles. The summed E-state index contributed by atoms with van der Waals surface area (Å²) in [6, 6.07) is 9.75.